The molecule has 2 heterocycles. The number of amides is 6. The number of carboxylic acids is 2. The van der Waals surface area contributed by atoms with Gasteiger partial charge in [0.25, 0.3) is 0 Å². The molecule has 0 aliphatic carbocycles. The van der Waals surface area contributed by atoms with Gasteiger partial charge in [-0.05, 0) is 229 Å². The summed E-state index contributed by atoms with van der Waals surface area (Å²) in [7, 11) is 24.0. The smallest absolute Gasteiger partial charge is 0.419 e. The second kappa shape index (κ2) is 62.5. The predicted molar refractivity (Wildman–Crippen MR) is 526 cm³/mol. The number of esters is 1. The van der Waals surface area contributed by atoms with E-state index in [0.717, 1.165) is 37.6 Å². The lowest BCUT2D eigenvalue weighted by atomic mass is 9.73. The van der Waals surface area contributed by atoms with Gasteiger partial charge in [-0.2, -0.15) is 0 Å². The molecule has 0 saturated heterocycles. The zero-order valence-electron chi connectivity index (χ0n) is 88.7. The van der Waals surface area contributed by atoms with E-state index in [9.17, 15) is 53.1 Å². The molecule has 4 atom stereocenters. The lowest BCUT2D eigenvalue weighted by molar-refractivity contribution is -0.142. The number of nitrogens with one attached hydrogen (secondary N) is 1. The second-order valence-electron chi connectivity index (χ2n) is 31.8. The van der Waals surface area contributed by atoms with Gasteiger partial charge in [-0.15, -0.1) is 0 Å². The van der Waals surface area contributed by atoms with Crippen LogP contribution < -0.4 is 31.3 Å². The Kier molecular flexibility index (Phi) is 58.3. The first-order valence-electron chi connectivity index (χ1n) is 44.9. The van der Waals surface area contributed by atoms with E-state index < -0.39 is 66.1 Å². The monoisotopic (exact) mass is 1770 g/mol. The molecule has 4 unspecified atom stereocenters. The molecular formula is C99H170N12O15. The fourth-order valence-electron chi connectivity index (χ4n) is 10.8. The Balaban J connectivity index is -0.000000222. The number of para-hydroxylation sites is 6. The first kappa shape index (κ1) is 117. The van der Waals surface area contributed by atoms with Gasteiger partial charge in [0.1, 0.15) is 29.4 Å². The van der Waals surface area contributed by atoms with Crippen LogP contribution in [0.15, 0.2) is 155 Å². The van der Waals surface area contributed by atoms with Crippen LogP contribution in [0.25, 0.3) is 11.1 Å². The van der Waals surface area contributed by atoms with Gasteiger partial charge in [-0.25, -0.2) is 14.4 Å². The van der Waals surface area contributed by atoms with Gasteiger partial charge in [-0.1, -0.05) is 206 Å². The normalized spacial score (nSPS) is 13.1. The third-order valence-corrected chi connectivity index (χ3v) is 20.3. The quantitative estimate of drug-likeness (QED) is 0.0285. The molecule has 0 saturated carbocycles. The van der Waals surface area contributed by atoms with E-state index in [4.69, 9.17) is 30.6 Å². The van der Waals surface area contributed by atoms with Gasteiger partial charge in [0.05, 0.1) is 45.1 Å². The maximum Gasteiger partial charge on any atom is 0.419 e. The summed E-state index contributed by atoms with van der Waals surface area (Å²) in [5.41, 5.74) is 12.0. The minimum atomic E-state index is -0.871. The number of aromatic hydroxyl groups is 1. The summed E-state index contributed by atoms with van der Waals surface area (Å²) in [6.45, 7) is 54.9. The first-order chi connectivity index (χ1) is 60.0. The van der Waals surface area contributed by atoms with E-state index in [0.29, 0.717) is 23.4 Å². The summed E-state index contributed by atoms with van der Waals surface area (Å²) < 4.78 is 40.3. The number of nitrogens with two attached hydrogens (primary N) is 1. The molecule has 6 amide bonds. The lowest BCUT2D eigenvalue weighted by Crippen LogP contribution is -2.48. The summed E-state index contributed by atoms with van der Waals surface area (Å²) >= 11 is 0. The van der Waals surface area contributed by atoms with Crippen LogP contribution in [0.5, 0.6) is 11.5 Å². The van der Waals surface area contributed by atoms with E-state index in [1.165, 1.54) is 45.7 Å². The summed E-state index contributed by atoms with van der Waals surface area (Å²) in [6, 6.07) is 42.9. The fourth-order valence-corrected chi connectivity index (χ4v) is 10.8. The number of nitrogens with zero attached hydrogens (tertiary/aromatic N) is 10. The number of urea groups is 1. The number of ether oxygens (including phenoxy) is 1. The summed E-state index contributed by atoms with van der Waals surface area (Å²) in [4.78, 5) is 126. The van der Waals surface area contributed by atoms with E-state index in [-0.39, 0.29) is 66.5 Å². The van der Waals surface area contributed by atoms with Crippen molar-refractivity contribution in [2.75, 3.05) is 101 Å². The molecule has 0 radical (unpaired) electrons. The van der Waals surface area contributed by atoms with Crippen molar-refractivity contribution in [3.63, 3.8) is 0 Å². The van der Waals surface area contributed by atoms with Crippen molar-refractivity contribution in [3.05, 3.63) is 190 Å². The third kappa shape index (κ3) is 40.8. The molecule has 8 rings (SSSR count). The highest BCUT2D eigenvalue weighted by atomic mass is 16.5. The lowest BCUT2D eigenvalue weighted by Gasteiger charge is -2.38. The molecule has 0 spiro atoms. The highest BCUT2D eigenvalue weighted by molar-refractivity contribution is 5.85. The Labute approximate surface area is 767 Å². The Bertz CT molecular complexity index is 4560. The van der Waals surface area contributed by atoms with Crippen LogP contribution in [-0.4, -0.2) is 225 Å². The number of Topliss-reactive ketones (excluding diaryl/α,β-unsaturated/α-hetero) is 1. The van der Waals surface area contributed by atoms with Crippen LogP contribution in [0.4, 0.5) is 16.2 Å². The number of carbonyl (C=O) groups excluding carboxylic acids is 7. The largest absolute Gasteiger partial charge is 0.506 e. The van der Waals surface area contributed by atoms with Crippen LogP contribution in [0.3, 0.4) is 0 Å². The predicted octanol–water partition coefficient (Wildman–Crippen LogP) is 18.2. The van der Waals surface area contributed by atoms with Gasteiger partial charge < -0.3 is 60.0 Å². The van der Waals surface area contributed by atoms with Gasteiger partial charge in [0.15, 0.2) is 17.1 Å². The number of phenolic OH excluding ortho intramolecular Hbond substituents is 1. The number of likely N-dealkylation sites (N-methyl/N-ethyl adjacent to an activating group) is 4. The molecule has 27 heteroatoms. The van der Waals surface area contributed by atoms with E-state index in [1.54, 1.807) is 152 Å². The number of hydrogen-bond acceptors (Lipinski definition) is 18. The third-order valence-electron chi connectivity index (χ3n) is 20.3. The number of carboxylic acid groups (broad SMARTS) is 2. The maximum atomic E-state index is 12.6. The topological polar surface area (TPSA) is 326 Å². The maximum absolute atomic E-state index is 12.6. The molecule has 1 aromatic heterocycles. The molecule has 1 aliphatic rings. The number of aliphatic carboxylic acids is 2. The second-order valence-corrected chi connectivity index (χ2v) is 31.8. The van der Waals surface area contributed by atoms with Crippen molar-refractivity contribution in [1.82, 2.24) is 44.2 Å². The minimum Gasteiger partial charge on any atom is -0.506 e. The average molecular weight is 1770 g/mol. The number of phenols is 1. The standard InChI is InChI=1S/C20H32N2O2.C14H20N2O.C14H22N2O.C13H18N2O3.C8H7NO2.C8H9NO2.2C5H11NO2.6C2H6.2H2/c1-15(21(6)7)18(24)13-19(2,3)16-11-9-10-12-17(16)20(4,5)22(8)14-23;1-13(2)10-8-6-7-9-11(10)14(3,4)16(5)12(17)15-13;1-13(2,15)11-8-6-7-9-12(11)14(3,4)16(5)10-17;1-10(14(2)3)13(17)18-12-8-6-5-7-11(12)15(4)9-16;1-9-6-4-2-3-5-7(6)11-8(9)10;1-9(6-10)7-4-2-3-5-8(7)11;2*1-4(5(7)8)6(2)3;6*1-2;;/h9-12,14-15H,13H2,1-8H3;6-9H,1-5H3,(H,15,17);6-10H,15H2,1-5H3;5-10H,1-4H3;2-5H,1H3;2-6,11H,1H3;2*4H,1-3H3,(H,7,8);6*1-2H3;2*1H/i14D;;10D;9D;;6D;;;;;;;;;2*1+1. The highest BCUT2D eigenvalue weighted by Gasteiger charge is 2.41. The van der Waals surface area contributed by atoms with Crippen molar-refractivity contribution < 1.29 is 76.0 Å². The first-order valence-corrected chi connectivity index (χ1v) is 42.9. The van der Waals surface area contributed by atoms with Gasteiger partial charge >= 0.3 is 29.7 Å². The van der Waals surface area contributed by atoms with Crippen molar-refractivity contribution in [3.8, 4) is 11.5 Å². The SMILES string of the molecule is CC.CC.CC.CC.CC.CC.CC(C(=O)O)N(C)C.CC(C(=O)O)N(C)C.CN1C(=O)NC(C)(C)c2ccccc2C1(C)C.Cn1c(=O)oc2ccccc21.[2HH].[2HH].[2H]C(=O)N(C)C(C)(C)c1ccccc1C(C)(C)CC(=O)C(C)N(C)C.[2H]C(=O)N(C)C(C)(C)c1ccccc1C(C)(C)N.[2H]C(=O)N(C)c1ccccc1O.[2H]C(=O)N(C)c1ccccc1OC(=O)C(C)N(C)C. The van der Waals surface area contributed by atoms with Crippen LogP contribution in [-0.2, 0) is 78.5 Å². The number of ketones is 1. The average Bonchev–Trinajstić information content (AvgIpc) is 1.16. The van der Waals surface area contributed by atoms with Crippen molar-refractivity contribution in [2.24, 2.45) is 12.8 Å². The molecule has 716 valence electrons. The molecule has 126 heavy (non-hydrogen) atoms. The van der Waals surface area contributed by atoms with Crippen molar-refractivity contribution >= 4 is 77.7 Å². The molecule has 0 bridgehead atoms. The Morgan fingerprint density at radius 2 is 0.833 bits per heavy atom. The number of carbonyl (C=O) groups is 9. The number of anilines is 2. The Morgan fingerprint density at radius 1 is 0.492 bits per heavy atom. The molecule has 0 fully saturated rings. The van der Waals surface area contributed by atoms with Crippen molar-refractivity contribution in [1.29, 1.82) is 0 Å². The van der Waals surface area contributed by atoms with E-state index >= 15 is 0 Å². The zero-order valence-corrected chi connectivity index (χ0v) is 84.7. The molecular weight excluding hydrogens is 1600 g/mol. The molecule has 6 aromatic carbocycles. The fraction of sp³-hybridized carbons (Fsp3) is 0.535. The number of hydrogen-bond donors (Lipinski definition) is 5. The van der Waals surface area contributed by atoms with Crippen LogP contribution in [0, 0.1) is 0 Å². The van der Waals surface area contributed by atoms with Crippen LogP contribution in [0.1, 0.15) is 242 Å². The number of fused-ring (bicyclic) bond motifs is 2. The number of aryl methyl sites for hydroxylation is 1. The Morgan fingerprint density at radius 3 is 1.21 bits per heavy atom. The molecule has 27 nitrogen and oxygen atoms in total. The van der Waals surface area contributed by atoms with Crippen LogP contribution >= 0.6 is 0 Å². The Hall–Kier alpha value is -10.6. The zero-order chi connectivity index (χ0) is 104. The van der Waals surface area contributed by atoms with Gasteiger partial charge in [-0.3, -0.25) is 57.7 Å². The van der Waals surface area contributed by atoms with Crippen LogP contribution in [0.2, 0.25) is 0 Å². The number of oxazole rings is 1. The van der Waals surface area contributed by atoms with E-state index in [2.05, 4.69) is 45.1 Å². The summed E-state index contributed by atoms with van der Waals surface area (Å²) in [5, 5.41) is 28.9. The number of rotatable bonds is 19. The van der Waals surface area contributed by atoms with Gasteiger partial charge in [0, 0.05) is 57.1 Å². The number of benzene rings is 6. The summed E-state index contributed by atoms with van der Waals surface area (Å²) in [6.07, 6.45) is -2.74. The van der Waals surface area contributed by atoms with Crippen molar-refractivity contribution in [2.45, 2.75) is 258 Å². The van der Waals surface area contributed by atoms with Gasteiger partial charge in [0.2, 0.25) is 25.5 Å². The van der Waals surface area contributed by atoms with E-state index in [1.807, 2.05) is 250 Å². The minimum absolute atomic E-state index is 0. The molecule has 1 aliphatic heterocycles. The summed E-state index contributed by atoms with van der Waals surface area (Å²) in [5.74, 6) is -1.84. The number of aromatic nitrogens is 1. The molecule has 7 aromatic rings. The highest BCUT2D eigenvalue weighted by Crippen LogP contribution is 2.40. The molecule has 6 N–H and O–H groups in total.